The first-order chi connectivity index (χ1) is 9.77. The number of aromatic nitrogens is 4. The van der Waals surface area contributed by atoms with Crippen LogP contribution >= 0.6 is 11.6 Å². The summed E-state index contributed by atoms with van der Waals surface area (Å²) in [5.74, 6) is -1.30. The largest absolute Gasteiger partial charge is 0.481 e. The molecular formula is C12H14ClN5O3. The number of carboxylic acids is 1. The van der Waals surface area contributed by atoms with Crippen molar-refractivity contribution in [1.29, 1.82) is 0 Å². The van der Waals surface area contributed by atoms with Crippen molar-refractivity contribution >= 4 is 40.6 Å². The molecule has 0 aliphatic heterocycles. The van der Waals surface area contributed by atoms with Gasteiger partial charge in [-0.3, -0.25) is 14.9 Å². The third kappa shape index (κ3) is 3.88. The van der Waals surface area contributed by atoms with Crippen LogP contribution in [-0.4, -0.2) is 36.9 Å². The number of nitrogens with zero attached hydrogens (tertiary/aromatic N) is 3. The zero-order valence-electron chi connectivity index (χ0n) is 11.5. The minimum absolute atomic E-state index is 0.0267. The highest BCUT2D eigenvalue weighted by Crippen LogP contribution is 2.25. The summed E-state index contributed by atoms with van der Waals surface area (Å²) >= 11 is 5.94. The summed E-state index contributed by atoms with van der Waals surface area (Å²) in [5.41, 5.74) is 0.159. The molecule has 21 heavy (non-hydrogen) atoms. The van der Waals surface area contributed by atoms with Gasteiger partial charge in [-0.2, -0.15) is 9.97 Å². The first kappa shape index (κ1) is 15.2. The SMILES string of the molecule is CC(C)(CC(=O)O)CC(=O)Nc1nc(Cl)c2[nH]cnc2n1. The van der Waals surface area contributed by atoms with Gasteiger partial charge in [-0.15, -0.1) is 0 Å². The molecule has 0 unspecified atom stereocenters. The molecule has 2 aromatic rings. The van der Waals surface area contributed by atoms with Gasteiger partial charge in [0.1, 0.15) is 5.52 Å². The van der Waals surface area contributed by atoms with Crippen molar-refractivity contribution in [2.75, 3.05) is 5.32 Å². The van der Waals surface area contributed by atoms with Crippen molar-refractivity contribution in [3.8, 4) is 0 Å². The van der Waals surface area contributed by atoms with Gasteiger partial charge in [0.25, 0.3) is 0 Å². The number of hydrogen-bond donors (Lipinski definition) is 3. The van der Waals surface area contributed by atoms with Gasteiger partial charge in [0, 0.05) is 6.42 Å². The molecule has 1 amide bonds. The highest BCUT2D eigenvalue weighted by molar-refractivity contribution is 6.33. The number of imidazole rings is 1. The van der Waals surface area contributed by atoms with Crippen molar-refractivity contribution in [1.82, 2.24) is 19.9 Å². The lowest BCUT2D eigenvalue weighted by Crippen LogP contribution is -2.25. The number of aliphatic carboxylic acids is 1. The van der Waals surface area contributed by atoms with Gasteiger partial charge >= 0.3 is 5.97 Å². The number of hydrogen-bond acceptors (Lipinski definition) is 5. The predicted octanol–water partition coefficient (Wildman–Crippen LogP) is 1.84. The summed E-state index contributed by atoms with van der Waals surface area (Å²) in [4.78, 5) is 37.4. The molecule has 0 atom stereocenters. The van der Waals surface area contributed by atoms with Gasteiger partial charge in [0.15, 0.2) is 10.8 Å². The first-order valence-electron chi connectivity index (χ1n) is 6.15. The Morgan fingerprint density at radius 1 is 1.38 bits per heavy atom. The van der Waals surface area contributed by atoms with Crippen LogP contribution in [0.25, 0.3) is 11.2 Å². The van der Waals surface area contributed by atoms with Crippen LogP contribution in [0.4, 0.5) is 5.95 Å². The van der Waals surface area contributed by atoms with Gasteiger partial charge in [-0.05, 0) is 5.41 Å². The molecule has 0 aliphatic rings. The number of rotatable bonds is 5. The van der Waals surface area contributed by atoms with E-state index in [4.69, 9.17) is 16.7 Å². The molecule has 2 aromatic heterocycles. The van der Waals surface area contributed by atoms with Crippen molar-refractivity contribution in [2.24, 2.45) is 5.41 Å². The lowest BCUT2D eigenvalue weighted by molar-refractivity contribution is -0.139. The third-order valence-corrected chi connectivity index (χ3v) is 3.04. The Labute approximate surface area is 125 Å². The van der Waals surface area contributed by atoms with E-state index in [1.54, 1.807) is 13.8 Å². The van der Waals surface area contributed by atoms with Crippen molar-refractivity contribution < 1.29 is 14.7 Å². The second-order valence-corrected chi connectivity index (χ2v) is 5.76. The van der Waals surface area contributed by atoms with Gasteiger partial charge in [-0.25, -0.2) is 4.98 Å². The zero-order chi connectivity index (χ0) is 15.6. The molecule has 0 saturated heterocycles. The molecule has 0 radical (unpaired) electrons. The van der Waals surface area contributed by atoms with E-state index in [9.17, 15) is 9.59 Å². The Morgan fingerprint density at radius 3 is 2.76 bits per heavy atom. The number of nitrogens with one attached hydrogen (secondary N) is 2. The summed E-state index contributed by atoms with van der Waals surface area (Å²) in [6.07, 6.45) is 1.34. The van der Waals surface area contributed by atoms with Crippen molar-refractivity contribution in [3.63, 3.8) is 0 Å². The summed E-state index contributed by atoms with van der Waals surface area (Å²) in [6.45, 7) is 3.40. The smallest absolute Gasteiger partial charge is 0.303 e. The van der Waals surface area contributed by atoms with Crippen LogP contribution in [0, 0.1) is 5.41 Å². The average Bonchev–Trinajstić information content (AvgIpc) is 2.73. The number of carbonyl (C=O) groups excluding carboxylic acids is 1. The number of aromatic amines is 1. The van der Waals surface area contributed by atoms with Gasteiger partial charge in [0.2, 0.25) is 11.9 Å². The summed E-state index contributed by atoms with van der Waals surface area (Å²) in [5, 5.41) is 11.4. The molecule has 3 N–H and O–H groups in total. The fourth-order valence-electron chi connectivity index (χ4n) is 1.93. The number of carboxylic acid groups (broad SMARTS) is 1. The van der Waals surface area contributed by atoms with Crippen LogP contribution in [0.1, 0.15) is 26.7 Å². The Balaban J connectivity index is 2.09. The Bertz CT molecular complexity index is 697. The van der Waals surface area contributed by atoms with Gasteiger partial charge in [-0.1, -0.05) is 25.4 Å². The van der Waals surface area contributed by atoms with E-state index in [1.165, 1.54) is 6.33 Å². The third-order valence-electron chi connectivity index (χ3n) is 2.76. The highest BCUT2D eigenvalue weighted by atomic mass is 35.5. The maximum absolute atomic E-state index is 11.9. The number of carbonyl (C=O) groups is 2. The van der Waals surface area contributed by atoms with E-state index in [0.717, 1.165) is 0 Å². The lowest BCUT2D eigenvalue weighted by Gasteiger charge is -2.21. The number of amides is 1. The molecule has 0 aromatic carbocycles. The maximum atomic E-state index is 11.9. The molecule has 8 nitrogen and oxygen atoms in total. The monoisotopic (exact) mass is 311 g/mol. The molecule has 0 aliphatic carbocycles. The minimum atomic E-state index is -0.954. The molecule has 0 bridgehead atoms. The van der Waals surface area contributed by atoms with E-state index in [2.05, 4.69) is 25.3 Å². The molecule has 0 spiro atoms. The van der Waals surface area contributed by atoms with E-state index in [0.29, 0.717) is 11.2 Å². The second kappa shape index (κ2) is 5.65. The first-order valence-corrected chi connectivity index (χ1v) is 6.53. The molecule has 2 heterocycles. The molecule has 0 fully saturated rings. The maximum Gasteiger partial charge on any atom is 0.303 e. The Morgan fingerprint density at radius 2 is 2.10 bits per heavy atom. The van der Waals surface area contributed by atoms with Crippen LogP contribution < -0.4 is 5.32 Å². The van der Waals surface area contributed by atoms with E-state index in [-0.39, 0.29) is 29.9 Å². The van der Waals surface area contributed by atoms with Crippen LogP contribution in [0.3, 0.4) is 0 Å². The Kier molecular flexibility index (Phi) is 4.08. The zero-order valence-corrected chi connectivity index (χ0v) is 12.2. The fourth-order valence-corrected chi connectivity index (χ4v) is 2.15. The van der Waals surface area contributed by atoms with Crippen molar-refractivity contribution in [2.45, 2.75) is 26.7 Å². The quantitative estimate of drug-likeness (QED) is 0.724. The predicted molar refractivity (Wildman–Crippen MR) is 76.0 cm³/mol. The second-order valence-electron chi connectivity index (χ2n) is 5.40. The van der Waals surface area contributed by atoms with Gasteiger partial charge < -0.3 is 10.1 Å². The normalized spacial score (nSPS) is 11.6. The summed E-state index contributed by atoms with van der Waals surface area (Å²) in [6, 6.07) is 0. The van der Waals surface area contributed by atoms with Crippen LogP contribution in [-0.2, 0) is 9.59 Å². The Hall–Kier alpha value is -2.22. The molecular weight excluding hydrogens is 298 g/mol. The van der Waals surface area contributed by atoms with Gasteiger partial charge in [0.05, 0.1) is 12.7 Å². The molecule has 112 valence electrons. The molecule has 2 rings (SSSR count). The van der Waals surface area contributed by atoms with Crippen LogP contribution in [0.2, 0.25) is 5.15 Å². The summed E-state index contributed by atoms with van der Waals surface area (Å²) in [7, 11) is 0. The fraction of sp³-hybridized carbons (Fsp3) is 0.417. The minimum Gasteiger partial charge on any atom is -0.481 e. The number of halogens is 1. The number of anilines is 1. The lowest BCUT2D eigenvalue weighted by atomic mass is 9.85. The summed E-state index contributed by atoms with van der Waals surface area (Å²) < 4.78 is 0. The topological polar surface area (TPSA) is 121 Å². The highest BCUT2D eigenvalue weighted by Gasteiger charge is 2.25. The van der Waals surface area contributed by atoms with Crippen LogP contribution in [0.5, 0.6) is 0 Å². The van der Waals surface area contributed by atoms with E-state index >= 15 is 0 Å². The van der Waals surface area contributed by atoms with E-state index in [1.807, 2.05) is 0 Å². The number of H-pyrrole nitrogens is 1. The van der Waals surface area contributed by atoms with Crippen LogP contribution in [0.15, 0.2) is 6.33 Å². The molecule has 0 saturated carbocycles. The van der Waals surface area contributed by atoms with E-state index < -0.39 is 11.4 Å². The average molecular weight is 312 g/mol. The number of fused-ring (bicyclic) bond motifs is 1. The standard InChI is InChI=1S/C12H14ClN5O3/c1-12(2,4-7(20)21)3-6(19)16-11-17-9(13)8-10(18-11)15-5-14-8/h5H,3-4H2,1-2H3,(H,20,21)(H2,14,15,16,17,18,19). The van der Waals surface area contributed by atoms with Crippen molar-refractivity contribution in [3.05, 3.63) is 11.5 Å². The molecule has 9 heteroatoms.